The molecule has 2 N–H and O–H groups in total. The van der Waals surface area contributed by atoms with Crippen molar-refractivity contribution in [1.29, 1.82) is 0 Å². The first-order chi connectivity index (χ1) is 7.04. The standard InChI is InChI=1S/C13H21NO/c1-9(2)13(8-14)15-12-6-5-10(3)7-11(12)4/h5-7,9,13H,8,14H2,1-4H3. The summed E-state index contributed by atoms with van der Waals surface area (Å²) < 4.78 is 5.89. The average Bonchev–Trinajstić information content (AvgIpc) is 2.16. The lowest BCUT2D eigenvalue weighted by Gasteiger charge is -2.22. The first kappa shape index (κ1) is 12.1. The van der Waals surface area contributed by atoms with Gasteiger partial charge in [-0.15, -0.1) is 0 Å². The lowest BCUT2D eigenvalue weighted by molar-refractivity contribution is 0.158. The predicted molar refractivity (Wildman–Crippen MR) is 64.2 cm³/mol. The molecule has 0 fully saturated rings. The predicted octanol–water partition coefficient (Wildman–Crippen LogP) is 2.67. The van der Waals surface area contributed by atoms with Crippen LogP contribution >= 0.6 is 0 Å². The SMILES string of the molecule is Cc1ccc(OC(CN)C(C)C)c(C)c1. The minimum Gasteiger partial charge on any atom is -0.489 e. The summed E-state index contributed by atoms with van der Waals surface area (Å²) in [5.41, 5.74) is 8.11. The molecule has 0 aliphatic carbocycles. The van der Waals surface area contributed by atoms with Gasteiger partial charge in [0.05, 0.1) is 0 Å². The fourth-order valence-electron chi connectivity index (χ4n) is 1.55. The van der Waals surface area contributed by atoms with Crippen LogP contribution in [0.4, 0.5) is 0 Å². The maximum atomic E-state index is 5.89. The quantitative estimate of drug-likeness (QED) is 0.823. The van der Waals surface area contributed by atoms with Crippen molar-refractivity contribution < 1.29 is 4.74 Å². The van der Waals surface area contributed by atoms with E-state index in [9.17, 15) is 0 Å². The van der Waals surface area contributed by atoms with Gasteiger partial charge in [-0.3, -0.25) is 0 Å². The molecule has 0 saturated carbocycles. The van der Waals surface area contributed by atoms with Gasteiger partial charge in [-0.05, 0) is 31.4 Å². The second-order valence-corrected chi connectivity index (χ2v) is 4.40. The van der Waals surface area contributed by atoms with Gasteiger partial charge in [-0.2, -0.15) is 0 Å². The fraction of sp³-hybridized carbons (Fsp3) is 0.538. The van der Waals surface area contributed by atoms with E-state index in [4.69, 9.17) is 10.5 Å². The first-order valence-corrected chi connectivity index (χ1v) is 5.48. The summed E-state index contributed by atoms with van der Waals surface area (Å²) in [4.78, 5) is 0. The van der Waals surface area contributed by atoms with Crippen molar-refractivity contribution in [2.75, 3.05) is 6.54 Å². The van der Waals surface area contributed by atoms with E-state index >= 15 is 0 Å². The van der Waals surface area contributed by atoms with E-state index in [0.717, 1.165) is 5.75 Å². The second-order valence-electron chi connectivity index (χ2n) is 4.40. The first-order valence-electron chi connectivity index (χ1n) is 5.48. The van der Waals surface area contributed by atoms with Crippen LogP contribution in [0.15, 0.2) is 18.2 Å². The van der Waals surface area contributed by atoms with Gasteiger partial charge in [0.25, 0.3) is 0 Å². The van der Waals surface area contributed by atoms with Crippen molar-refractivity contribution in [2.45, 2.75) is 33.8 Å². The summed E-state index contributed by atoms with van der Waals surface area (Å²) in [6.07, 6.45) is 0.103. The molecule has 2 nitrogen and oxygen atoms in total. The van der Waals surface area contributed by atoms with Crippen molar-refractivity contribution in [3.8, 4) is 5.75 Å². The molecule has 0 aliphatic heterocycles. The number of benzene rings is 1. The van der Waals surface area contributed by atoms with Crippen LogP contribution in [0.2, 0.25) is 0 Å². The summed E-state index contributed by atoms with van der Waals surface area (Å²) in [7, 11) is 0. The monoisotopic (exact) mass is 207 g/mol. The van der Waals surface area contributed by atoms with Crippen LogP contribution in [0.1, 0.15) is 25.0 Å². The van der Waals surface area contributed by atoms with Crippen molar-refractivity contribution in [3.63, 3.8) is 0 Å². The smallest absolute Gasteiger partial charge is 0.122 e. The van der Waals surface area contributed by atoms with Crippen LogP contribution in [0.3, 0.4) is 0 Å². The molecule has 1 aromatic rings. The molecule has 2 heteroatoms. The Hall–Kier alpha value is -1.02. The summed E-state index contributed by atoms with van der Waals surface area (Å²) >= 11 is 0. The van der Waals surface area contributed by atoms with E-state index in [0.29, 0.717) is 12.5 Å². The molecule has 0 radical (unpaired) electrons. The molecule has 1 unspecified atom stereocenters. The van der Waals surface area contributed by atoms with Crippen LogP contribution in [0, 0.1) is 19.8 Å². The van der Waals surface area contributed by atoms with Gasteiger partial charge in [0, 0.05) is 6.54 Å². The van der Waals surface area contributed by atoms with E-state index in [1.807, 2.05) is 6.07 Å². The summed E-state index contributed by atoms with van der Waals surface area (Å²) in [5.74, 6) is 1.39. The number of aryl methyl sites for hydroxylation is 2. The zero-order valence-corrected chi connectivity index (χ0v) is 10.1. The van der Waals surface area contributed by atoms with E-state index < -0.39 is 0 Å². The molecular weight excluding hydrogens is 186 g/mol. The maximum absolute atomic E-state index is 5.89. The molecule has 0 amide bonds. The third-order valence-corrected chi connectivity index (χ3v) is 2.58. The average molecular weight is 207 g/mol. The second kappa shape index (κ2) is 5.17. The van der Waals surface area contributed by atoms with Gasteiger partial charge in [0.1, 0.15) is 11.9 Å². The minimum absolute atomic E-state index is 0.103. The topological polar surface area (TPSA) is 35.2 Å². The van der Waals surface area contributed by atoms with Gasteiger partial charge in [-0.25, -0.2) is 0 Å². The highest BCUT2D eigenvalue weighted by molar-refractivity contribution is 5.35. The number of nitrogens with two attached hydrogens (primary N) is 1. The van der Waals surface area contributed by atoms with Crippen molar-refractivity contribution in [3.05, 3.63) is 29.3 Å². The van der Waals surface area contributed by atoms with Crippen molar-refractivity contribution >= 4 is 0 Å². The lowest BCUT2D eigenvalue weighted by atomic mass is 10.1. The Balaban J connectivity index is 2.79. The van der Waals surface area contributed by atoms with Crippen molar-refractivity contribution in [2.24, 2.45) is 11.7 Å². The molecule has 0 aromatic heterocycles. The third-order valence-electron chi connectivity index (χ3n) is 2.58. The van der Waals surface area contributed by atoms with Crippen LogP contribution in [-0.2, 0) is 0 Å². The molecular formula is C13H21NO. The highest BCUT2D eigenvalue weighted by atomic mass is 16.5. The summed E-state index contributed by atoms with van der Waals surface area (Å²) in [6.45, 7) is 8.96. The van der Waals surface area contributed by atoms with E-state index in [1.165, 1.54) is 11.1 Å². The zero-order valence-electron chi connectivity index (χ0n) is 10.1. The fourth-order valence-corrected chi connectivity index (χ4v) is 1.55. The number of ether oxygens (including phenoxy) is 1. The lowest BCUT2D eigenvalue weighted by Crippen LogP contribution is -2.31. The Bertz CT molecular complexity index is 320. The molecule has 1 atom stereocenters. The Morgan fingerprint density at radius 1 is 1.27 bits per heavy atom. The van der Waals surface area contributed by atoms with Crippen LogP contribution in [-0.4, -0.2) is 12.6 Å². The zero-order chi connectivity index (χ0) is 11.4. The van der Waals surface area contributed by atoms with Gasteiger partial charge in [0.15, 0.2) is 0 Å². The molecule has 1 aromatic carbocycles. The molecule has 0 heterocycles. The number of rotatable bonds is 4. The summed E-state index contributed by atoms with van der Waals surface area (Å²) in [5, 5.41) is 0. The number of hydrogen-bond donors (Lipinski definition) is 1. The molecule has 0 saturated heterocycles. The largest absolute Gasteiger partial charge is 0.489 e. The van der Waals surface area contributed by atoms with E-state index in [1.54, 1.807) is 0 Å². The molecule has 0 spiro atoms. The Kier molecular flexibility index (Phi) is 4.15. The Morgan fingerprint density at radius 3 is 2.40 bits per heavy atom. The number of hydrogen-bond acceptors (Lipinski definition) is 2. The van der Waals surface area contributed by atoms with Gasteiger partial charge < -0.3 is 10.5 Å². The van der Waals surface area contributed by atoms with Crippen LogP contribution < -0.4 is 10.5 Å². The highest BCUT2D eigenvalue weighted by Gasteiger charge is 2.13. The Labute approximate surface area is 92.4 Å². The molecule has 1 rings (SSSR count). The molecule has 0 bridgehead atoms. The maximum Gasteiger partial charge on any atom is 0.122 e. The van der Waals surface area contributed by atoms with Gasteiger partial charge >= 0.3 is 0 Å². The highest BCUT2D eigenvalue weighted by Crippen LogP contribution is 2.21. The third kappa shape index (κ3) is 3.24. The van der Waals surface area contributed by atoms with E-state index in [2.05, 4.69) is 39.8 Å². The van der Waals surface area contributed by atoms with Gasteiger partial charge in [0.2, 0.25) is 0 Å². The minimum atomic E-state index is 0.103. The van der Waals surface area contributed by atoms with E-state index in [-0.39, 0.29) is 6.10 Å². The molecule has 15 heavy (non-hydrogen) atoms. The summed E-state index contributed by atoms with van der Waals surface area (Å²) in [6, 6.07) is 6.22. The van der Waals surface area contributed by atoms with Crippen LogP contribution in [0.25, 0.3) is 0 Å². The normalized spacial score (nSPS) is 12.9. The molecule has 84 valence electrons. The molecule has 0 aliphatic rings. The van der Waals surface area contributed by atoms with Gasteiger partial charge in [-0.1, -0.05) is 31.5 Å². The Morgan fingerprint density at radius 2 is 1.93 bits per heavy atom. The van der Waals surface area contributed by atoms with Crippen molar-refractivity contribution in [1.82, 2.24) is 0 Å². The van der Waals surface area contributed by atoms with Crippen LogP contribution in [0.5, 0.6) is 5.75 Å².